The Bertz CT molecular complexity index is 641. The summed E-state index contributed by atoms with van der Waals surface area (Å²) in [5.41, 5.74) is 3.16. The van der Waals surface area contributed by atoms with E-state index in [1.54, 1.807) is 0 Å². The van der Waals surface area contributed by atoms with Crippen molar-refractivity contribution < 1.29 is 0 Å². The van der Waals surface area contributed by atoms with E-state index < -0.39 is 0 Å². The van der Waals surface area contributed by atoms with Crippen LogP contribution in [0.2, 0.25) is 5.02 Å². The maximum absolute atomic E-state index is 6.38. The van der Waals surface area contributed by atoms with Crippen molar-refractivity contribution in [2.24, 2.45) is 0 Å². The van der Waals surface area contributed by atoms with E-state index in [0.717, 1.165) is 22.1 Å². The summed E-state index contributed by atoms with van der Waals surface area (Å²) in [6.45, 7) is 0. The molecular weight excluding hydrogens is 266 g/mol. The van der Waals surface area contributed by atoms with Gasteiger partial charge in [0.1, 0.15) is 0 Å². The zero-order chi connectivity index (χ0) is 13.8. The highest BCUT2D eigenvalue weighted by atomic mass is 35.5. The first-order valence-corrected chi connectivity index (χ1v) is 6.89. The Morgan fingerprint density at radius 1 is 0.550 bits per heavy atom. The monoisotopic (exact) mass is 279 g/mol. The summed E-state index contributed by atoms with van der Waals surface area (Å²) in [6, 6.07) is 28.4. The first-order valence-electron chi connectivity index (χ1n) is 6.51. The van der Waals surface area contributed by atoms with Crippen LogP contribution in [0.4, 0.5) is 17.1 Å². The lowest BCUT2D eigenvalue weighted by molar-refractivity contribution is 1.28. The van der Waals surface area contributed by atoms with Gasteiger partial charge in [0.05, 0.1) is 10.7 Å². The van der Waals surface area contributed by atoms with E-state index in [2.05, 4.69) is 29.2 Å². The lowest BCUT2D eigenvalue weighted by atomic mass is 10.2. The topological polar surface area (TPSA) is 3.24 Å². The number of nitrogens with zero attached hydrogens (tertiary/aromatic N) is 1. The average Bonchev–Trinajstić information content (AvgIpc) is 2.52. The lowest BCUT2D eigenvalue weighted by Gasteiger charge is -2.26. The molecule has 1 nitrogen and oxygen atoms in total. The van der Waals surface area contributed by atoms with Gasteiger partial charge >= 0.3 is 0 Å². The molecule has 0 saturated heterocycles. The molecule has 0 unspecified atom stereocenters. The van der Waals surface area contributed by atoms with Gasteiger partial charge in [0, 0.05) is 11.4 Å². The number of halogens is 1. The molecule has 3 rings (SSSR count). The molecule has 0 aliphatic carbocycles. The van der Waals surface area contributed by atoms with Gasteiger partial charge < -0.3 is 4.90 Å². The summed E-state index contributed by atoms with van der Waals surface area (Å²) in [6.07, 6.45) is 0. The largest absolute Gasteiger partial charge is 0.309 e. The van der Waals surface area contributed by atoms with Gasteiger partial charge in [-0.25, -0.2) is 0 Å². The minimum absolute atomic E-state index is 0.736. The molecule has 0 heterocycles. The SMILES string of the molecule is Clc1ccccc1N(c1ccccc1)c1ccccc1. The highest BCUT2D eigenvalue weighted by Gasteiger charge is 2.13. The molecule has 0 bridgehead atoms. The Hall–Kier alpha value is -2.25. The molecule has 3 aromatic rings. The standard InChI is InChI=1S/C18H14ClN/c19-17-13-7-8-14-18(17)20(15-9-3-1-4-10-15)16-11-5-2-6-12-16/h1-14H. The number of hydrogen-bond donors (Lipinski definition) is 0. The molecule has 98 valence electrons. The number of anilines is 3. The molecule has 0 N–H and O–H groups in total. The molecule has 0 atom stereocenters. The predicted molar refractivity (Wildman–Crippen MR) is 86.1 cm³/mol. The van der Waals surface area contributed by atoms with E-state index in [4.69, 9.17) is 11.6 Å². The van der Waals surface area contributed by atoms with Crippen LogP contribution in [0.1, 0.15) is 0 Å². The molecule has 2 heteroatoms. The van der Waals surface area contributed by atoms with E-state index in [1.807, 2.05) is 60.7 Å². The van der Waals surface area contributed by atoms with Gasteiger partial charge in [-0.05, 0) is 36.4 Å². The number of para-hydroxylation sites is 3. The fourth-order valence-electron chi connectivity index (χ4n) is 2.21. The summed E-state index contributed by atoms with van der Waals surface area (Å²) >= 11 is 6.38. The number of benzene rings is 3. The molecule has 0 radical (unpaired) electrons. The summed E-state index contributed by atoms with van der Waals surface area (Å²) in [5, 5.41) is 0.736. The molecule has 0 fully saturated rings. The van der Waals surface area contributed by atoms with Crippen molar-refractivity contribution in [3.05, 3.63) is 90.0 Å². The van der Waals surface area contributed by atoms with Crippen LogP contribution in [-0.4, -0.2) is 0 Å². The third-order valence-corrected chi connectivity index (χ3v) is 3.44. The van der Waals surface area contributed by atoms with Gasteiger partial charge in [-0.1, -0.05) is 60.1 Å². The third kappa shape index (κ3) is 2.54. The Labute approximate surface area is 124 Å². The molecule has 3 aromatic carbocycles. The minimum Gasteiger partial charge on any atom is -0.309 e. The van der Waals surface area contributed by atoms with Gasteiger partial charge in [-0.2, -0.15) is 0 Å². The maximum atomic E-state index is 6.38. The van der Waals surface area contributed by atoms with Crippen LogP contribution in [0.25, 0.3) is 0 Å². The molecule has 0 saturated carbocycles. The van der Waals surface area contributed by atoms with Crippen molar-refractivity contribution in [2.45, 2.75) is 0 Å². The first kappa shape index (κ1) is 12.8. The predicted octanol–water partition coefficient (Wildman–Crippen LogP) is 5.81. The second kappa shape index (κ2) is 5.81. The van der Waals surface area contributed by atoms with Crippen LogP contribution >= 0.6 is 11.6 Å². The van der Waals surface area contributed by atoms with Crippen molar-refractivity contribution in [1.82, 2.24) is 0 Å². The molecule has 0 aliphatic rings. The van der Waals surface area contributed by atoms with Gasteiger partial charge in [-0.15, -0.1) is 0 Å². The quantitative estimate of drug-likeness (QED) is 0.585. The van der Waals surface area contributed by atoms with Crippen molar-refractivity contribution >= 4 is 28.7 Å². The Morgan fingerprint density at radius 2 is 1.00 bits per heavy atom. The number of hydrogen-bond acceptors (Lipinski definition) is 1. The van der Waals surface area contributed by atoms with E-state index in [-0.39, 0.29) is 0 Å². The van der Waals surface area contributed by atoms with Gasteiger partial charge in [0.2, 0.25) is 0 Å². The van der Waals surface area contributed by atoms with Gasteiger partial charge in [0.15, 0.2) is 0 Å². The van der Waals surface area contributed by atoms with Crippen molar-refractivity contribution in [3.63, 3.8) is 0 Å². The normalized spacial score (nSPS) is 10.2. The molecule has 0 aliphatic heterocycles. The zero-order valence-corrected chi connectivity index (χ0v) is 11.7. The lowest BCUT2D eigenvalue weighted by Crippen LogP contribution is -2.09. The number of rotatable bonds is 3. The van der Waals surface area contributed by atoms with E-state index >= 15 is 0 Å². The summed E-state index contributed by atoms with van der Waals surface area (Å²) in [5.74, 6) is 0. The smallest absolute Gasteiger partial charge is 0.0647 e. The molecule has 0 spiro atoms. The Morgan fingerprint density at radius 3 is 1.50 bits per heavy atom. The summed E-state index contributed by atoms with van der Waals surface area (Å²) in [4.78, 5) is 2.16. The molecule has 0 amide bonds. The third-order valence-electron chi connectivity index (χ3n) is 3.12. The van der Waals surface area contributed by atoms with Crippen LogP contribution in [0.15, 0.2) is 84.9 Å². The van der Waals surface area contributed by atoms with Gasteiger partial charge in [-0.3, -0.25) is 0 Å². The Kier molecular flexibility index (Phi) is 3.71. The average molecular weight is 280 g/mol. The summed E-state index contributed by atoms with van der Waals surface area (Å²) < 4.78 is 0. The van der Waals surface area contributed by atoms with E-state index in [1.165, 1.54) is 0 Å². The first-order chi connectivity index (χ1) is 9.86. The highest BCUT2D eigenvalue weighted by Crippen LogP contribution is 2.37. The molecule has 20 heavy (non-hydrogen) atoms. The van der Waals surface area contributed by atoms with Crippen molar-refractivity contribution in [2.75, 3.05) is 4.90 Å². The zero-order valence-electron chi connectivity index (χ0n) is 10.9. The highest BCUT2D eigenvalue weighted by molar-refractivity contribution is 6.33. The van der Waals surface area contributed by atoms with Crippen LogP contribution in [0.5, 0.6) is 0 Å². The minimum atomic E-state index is 0.736. The van der Waals surface area contributed by atoms with Crippen LogP contribution in [0, 0.1) is 0 Å². The maximum Gasteiger partial charge on any atom is 0.0647 e. The summed E-state index contributed by atoms with van der Waals surface area (Å²) in [7, 11) is 0. The van der Waals surface area contributed by atoms with Crippen molar-refractivity contribution in [3.8, 4) is 0 Å². The second-order valence-electron chi connectivity index (χ2n) is 4.46. The van der Waals surface area contributed by atoms with Crippen LogP contribution in [-0.2, 0) is 0 Å². The van der Waals surface area contributed by atoms with Gasteiger partial charge in [0.25, 0.3) is 0 Å². The van der Waals surface area contributed by atoms with Crippen LogP contribution < -0.4 is 4.90 Å². The fraction of sp³-hybridized carbons (Fsp3) is 0. The van der Waals surface area contributed by atoms with Crippen LogP contribution in [0.3, 0.4) is 0 Å². The van der Waals surface area contributed by atoms with E-state index in [0.29, 0.717) is 0 Å². The molecule has 0 aromatic heterocycles. The van der Waals surface area contributed by atoms with E-state index in [9.17, 15) is 0 Å². The molecular formula is C18H14ClN. The fourth-order valence-corrected chi connectivity index (χ4v) is 2.43. The Balaban J connectivity index is 2.17. The second-order valence-corrected chi connectivity index (χ2v) is 4.87. The van der Waals surface area contributed by atoms with Crippen molar-refractivity contribution in [1.29, 1.82) is 0 Å².